The fourth-order valence-electron chi connectivity index (χ4n) is 4.04. The summed E-state index contributed by atoms with van der Waals surface area (Å²) in [5.41, 5.74) is 2.53. The van der Waals surface area contributed by atoms with Gasteiger partial charge in [-0.05, 0) is 54.4 Å². The second-order valence-electron chi connectivity index (χ2n) is 9.06. The Morgan fingerprint density at radius 1 is 1.11 bits per heavy atom. The topological polar surface area (TPSA) is 122 Å². The Hall–Kier alpha value is -3.69. The molecule has 198 valence electrons. The van der Waals surface area contributed by atoms with Crippen molar-refractivity contribution in [3.8, 4) is 5.75 Å². The van der Waals surface area contributed by atoms with Crippen LogP contribution in [0.25, 0.3) is 10.9 Å². The van der Waals surface area contributed by atoms with Crippen molar-refractivity contribution in [2.24, 2.45) is 0 Å². The number of unbranched alkanes of at least 4 members (excludes halogenated alkanes) is 1. The highest BCUT2D eigenvalue weighted by molar-refractivity contribution is 7.90. The van der Waals surface area contributed by atoms with Gasteiger partial charge in [0.15, 0.2) is 9.84 Å². The van der Waals surface area contributed by atoms with Crippen LogP contribution < -0.4 is 10.2 Å². The van der Waals surface area contributed by atoms with E-state index in [0.29, 0.717) is 40.2 Å². The third-order valence-electron chi connectivity index (χ3n) is 6.19. The summed E-state index contributed by atoms with van der Waals surface area (Å²) >= 11 is 6.19. The molecule has 10 heteroatoms. The van der Waals surface area contributed by atoms with Crippen LogP contribution in [-0.2, 0) is 29.4 Å². The van der Waals surface area contributed by atoms with E-state index in [9.17, 15) is 13.2 Å². The molecule has 4 aromatic rings. The molecule has 3 aromatic carbocycles. The number of hydrogen-bond donors (Lipinski definition) is 2. The summed E-state index contributed by atoms with van der Waals surface area (Å²) in [6.45, 7) is 2.67. The largest absolute Gasteiger partial charge is 0.489 e. The number of aromatic carboxylic acids is 1. The molecule has 0 amide bonds. The Balaban J connectivity index is 1.58. The van der Waals surface area contributed by atoms with E-state index in [2.05, 4.69) is 6.92 Å². The van der Waals surface area contributed by atoms with Gasteiger partial charge in [-0.1, -0.05) is 43.1 Å². The number of fused-ring (bicyclic) bond motifs is 1. The summed E-state index contributed by atoms with van der Waals surface area (Å²) in [5.74, 6) is 0.346. The highest BCUT2D eigenvalue weighted by Gasteiger charge is 2.14. The molecule has 0 saturated heterocycles. The van der Waals surface area contributed by atoms with Gasteiger partial charge >= 0.3 is 5.97 Å². The maximum atomic E-state index is 12.1. The van der Waals surface area contributed by atoms with Crippen molar-refractivity contribution in [2.75, 3.05) is 6.26 Å². The van der Waals surface area contributed by atoms with E-state index in [4.69, 9.17) is 31.8 Å². The molecule has 0 unspecified atom stereocenters. The summed E-state index contributed by atoms with van der Waals surface area (Å²) < 4.78 is 31.8. The Morgan fingerprint density at radius 3 is 2.47 bits per heavy atom. The molecule has 1 aromatic heterocycles. The second-order valence-corrected chi connectivity index (χ2v) is 11.5. The van der Waals surface area contributed by atoms with Crippen LogP contribution in [0.3, 0.4) is 0 Å². The molecular formula is C28H28ClN3O5S. The Bertz CT molecular complexity index is 1660. The minimum absolute atomic E-state index is 0.114. The van der Waals surface area contributed by atoms with E-state index in [0.717, 1.165) is 30.5 Å². The third-order valence-corrected chi connectivity index (χ3v) is 7.66. The van der Waals surface area contributed by atoms with Crippen LogP contribution >= 0.6 is 11.6 Å². The smallest absolute Gasteiger partial charge is 0.335 e. The zero-order chi connectivity index (χ0) is 27.4. The Kier molecular flexibility index (Phi) is 8.18. The summed E-state index contributed by atoms with van der Waals surface area (Å²) in [6, 6.07) is 16.7. The lowest BCUT2D eigenvalue weighted by atomic mass is 10.1. The Morgan fingerprint density at radius 2 is 1.84 bits per heavy atom. The summed E-state index contributed by atoms with van der Waals surface area (Å²) in [5, 5.41) is 18.8. The van der Waals surface area contributed by atoms with E-state index >= 15 is 0 Å². The number of hydrogen-bond acceptors (Lipinski definition) is 6. The monoisotopic (exact) mass is 553 g/mol. The molecule has 0 saturated carbocycles. The van der Waals surface area contributed by atoms with E-state index in [1.165, 1.54) is 24.3 Å². The normalized spacial score (nSPS) is 11.6. The summed E-state index contributed by atoms with van der Waals surface area (Å²) in [6.07, 6.45) is 3.75. The first-order valence-corrected chi connectivity index (χ1v) is 14.4. The molecule has 38 heavy (non-hydrogen) atoms. The van der Waals surface area contributed by atoms with Crippen molar-refractivity contribution < 1.29 is 23.1 Å². The van der Waals surface area contributed by atoms with Crippen molar-refractivity contribution in [3.63, 3.8) is 0 Å². The second kappa shape index (κ2) is 11.4. The number of sulfone groups is 1. The van der Waals surface area contributed by atoms with Gasteiger partial charge in [-0.2, -0.15) is 0 Å². The first kappa shape index (κ1) is 27.3. The van der Waals surface area contributed by atoms with Crippen LogP contribution in [-0.4, -0.2) is 35.3 Å². The van der Waals surface area contributed by atoms with Crippen LogP contribution in [0.5, 0.6) is 5.75 Å². The van der Waals surface area contributed by atoms with Gasteiger partial charge < -0.3 is 14.4 Å². The van der Waals surface area contributed by atoms with Crippen LogP contribution in [0, 0.1) is 5.41 Å². The predicted octanol–water partition coefficient (Wildman–Crippen LogP) is 5.24. The molecular weight excluding hydrogens is 526 g/mol. The maximum Gasteiger partial charge on any atom is 0.335 e. The van der Waals surface area contributed by atoms with Gasteiger partial charge in [-0.3, -0.25) is 5.41 Å². The van der Waals surface area contributed by atoms with Gasteiger partial charge in [0.25, 0.3) is 0 Å². The first-order valence-electron chi connectivity index (χ1n) is 12.1. The lowest BCUT2D eigenvalue weighted by Crippen LogP contribution is -2.26. The molecule has 0 bridgehead atoms. The minimum Gasteiger partial charge on any atom is -0.489 e. The average Bonchev–Trinajstić information content (AvgIpc) is 2.88. The van der Waals surface area contributed by atoms with E-state index in [-0.39, 0.29) is 22.6 Å². The SMILES string of the molecule is CCCCc1nc2ccc(S(C)(=O)=O)cc2c(=N)n1Cc1ccc(OCc2ccc(C(=O)O)cc2Cl)cc1. The lowest BCUT2D eigenvalue weighted by molar-refractivity contribution is 0.0696. The number of carbonyl (C=O) groups is 1. The van der Waals surface area contributed by atoms with E-state index in [1.54, 1.807) is 12.1 Å². The summed E-state index contributed by atoms with van der Waals surface area (Å²) in [4.78, 5) is 16.0. The standard InChI is InChI=1S/C28H28ClN3O5S/c1-3-4-5-26-31-25-13-12-22(38(2,35)36)15-23(25)27(30)32(26)16-18-6-10-21(11-7-18)37-17-20-9-8-19(28(33)34)14-24(20)29/h6-15,30H,3-5,16-17H2,1-2H3,(H,33,34). The zero-order valence-corrected chi connectivity index (χ0v) is 22.6. The number of ether oxygens (including phenoxy) is 1. The van der Waals surface area contributed by atoms with Crippen LogP contribution in [0.1, 0.15) is 47.1 Å². The molecule has 0 spiro atoms. The molecule has 0 radical (unpaired) electrons. The molecule has 0 aliphatic heterocycles. The highest BCUT2D eigenvalue weighted by Crippen LogP contribution is 2.22. The van der Waals surface area contributed by atoms with Crippen molar-refractivity contribution >= 4 is 38.3 Å². The fourth-order valence-corrected chi connectivity index (χ4v) is 4.92. The molecule has 0 aliphatic rings. The zero-order valence-electron chi connectivity index (χ0n) is 21.1. The predicted molar refractivity (Wildman–Crippen MR) is 146 cm³/mol. The Labute approximate surface area is 225 Å². The molecule has 0 aliphatic carbocycles. The van der Waals surface area contributed by atoms with Crippen molar-refractivity contribution in [3.05, 3.63) is 93.7 Å². The quantitative estimate of drug-likeness (QED) is 0.277. The number of carboxylic acids is 1. The van der Waals surface area contributed by atoms with Gasteiger partial charge in [-0.25, -0.2) is 18.2 Å². The maximum absolute atomic E-state index is 12.1. The molecule has 4 rings (SSSR count). The number of aryl methyl sites for hydroxylation is 1. The van der Waals surface area contributed by atoms with Crippen molar-refractivity contribution in [1.29, 1.82) is 5.41 Å². The highest BCUT2D eigenvalue weighted by atomic mass is 35.5. The van der Waals surface area contributed by atoms with Crippen LogP contribution in [0.2, 0.25) is 5.02 Å². The number of aromatic nitrogens is 2. The minimum atomic E-state index is -3.41. The van der Waals surface area contributed by atoms with Crippen LogP contribution in [0.4, 0.5) is 0 Å². The van der Waals surface area contributed by atoms with E-state index < -0.39 is 15.8 Å². The van der Waals surface area contributed by atoms with E-state index in [1.807, 2.05) is 28.8 Å². The van der Waals surface area contributed by atoms with Gasteiger partial charge in [0.05, 0.1) is 22.5 Å². The number of rotatable bonds is 10. The number of nitrogens with one attached hydrogen (secondary N) is 1. The molecule has 0 atom stereocenters. The molecule has 1 heterocycles. The number of nitrogens with zero attached hydrogens (tertiary/aromatic N) is 2. The van der Waals surface area contributed by atoms with Gasteiger partial charge in [0, 0.05) is 28.6 Å². The van der Waals surface area contributed by atoms with Crippen LogP contribution in [0.15, 0.2) is 65.6 Å². The van der Waals surface area contributed by atoms with Crippen molar-refractivity contribution in [2.45, 2.75) is 44.2 Å². The summed E-state index contributed by atoms with van der Waals surface area (Å²) in [7, 11) is -3.41. The molecule has 8 nitrogen and oxygen atoms in total. The average molecular weight is 554 g/mol. The number of halogens is 1. The molecule has 0 fully saturated rings. The molecule has 2 N–H and O–H groups in total. The number of carboxylic acid groups (broad SMARTS) is 1. The number of benzene rings is 3. The first-order chi connectivity index (χ1) is 18.1. The third kappa shape index (κ3) is 6.23. The lowest BCUT2D eigenvalue weighted by Gasteiger charge is -2.16. The van der Waals surface area contributed by atoms with Crippen molar-refractivity contribution in [1.82, 2.24) is 9.55 Å². The van der Waals surface area contributed by atoms with Gasteiger partial charge in [0.2, 0.25) is 0 Å². The van der Waals surface area contributed by atoms with Gasteiger partial charge in [-0.15, -0.1) is 0 Å². The van der Waals surface area contributed by atoms with Gasteiger partial charge in [0.1, 0.15) is 23.7 Å². The fraction of sp³-hybridized carbons (Fsp3) is 0.250.